The summed E-state index contributed by atoms with van der Waals surface area (Å²) < 4.78 is 0. The Morgan fingerprint density at radius 2 is 1.90 bits per heavy atom. The first-order valence-electron chi connectivity index (χ1n) is 7.61. The van der Waals surface area contributed by atoms with Crippen molar-refractivity contribution in [2.24, 2.45) is 0 Å². The number of nitrogens with zero attached hydrogens (tertiary/aromatic N) is 1. The van der Waals surface area contributed by atoms with Crippen molar-refractivity contribution < 1.29 is 9.59 Å². The van der Waals surface area contributed by atoms with Crippen LogP contribution in [0.2, 0.25) is 0 Å². The van der Waals surface area contributed by atoms with Crippen molar-refractivity contribution in [1.29, 1.82) is 0 Å². The van der Waals surface area contributed by atoms with Gasteiger partial charge in [-0.25, -0.2) is 0 Å². The summed E-state index contributed by atoms with van der Waals surface area (Å²) in [4.78, 5) is 25.2. The van der Waals surface area contributed by atoms with Gasteiger partial charge >= 0.3 is 0 Å². The van der Waals surface area contributed by atoms with E-state index in [0.717, 1.165) is 30.4 Å². The second-order valence-electron chi connectivity index (χ2n) is 5.36. The van der Waals surface area contributed by atoms with E-state index in [9.17, 15) is 9.59 Å². The van der Waals surface area contributed by atoms with Gasteiger partial charge in [-0.15, -0.1) is 0 Å². The molecule has 0 fully saturated rings. The van der Waals surface area contributed by atoms with E-state index in [1.807, 2.05) is 31.2 Å². The number of aryl methyl sites for hydroxylation is 1. The molecule has 0 bridgehead atoms. The van der Waals surface area contributed by atoms with Crippen molar-refractivity contribution >= 4 is 11.8 Å². The smallest absolute Gasteiger partial charge is 0.239 e. The molecule has 0 saturated heterocycles. The molecule has 116 valence electrons. The fraction of sp³-hybridized carbons (Fsp3) is 0.529. The van der Waals surface area contributed by atoms with Crippen molar-refractivity contribution in [1.82, 2.24) is 10.2 Å². The largest absolute Gasteiger partial charge is 0.355 e. The van der Waals surface area contributed by atoms with Crippen LogP contribution in [0, 0.1) is 6.92 Å². The molecule has 1 rings (SSSR count). The zero-order valence-corrected chi connectivity index (χ0v) is 13.3. The number of carbonyl (C=O) groups is 2. The summed E-state index contributed by atoms with van der Waals surface area (Å²) in [6, 6.07) is 7.92. The summed E-state index contributed by atoms with van der Waals surface area (Å²) in [5.41, 5.74) is 2.21. The van der Waals surface area contributed by atoms with Crippen LogP contribution in [0.1, 0.15) is 44.2 Å². The number of nitrogens with one attached hydrogen (secondary N) is 1. The lowest BCUT2D eigenvalue weighted by molar-refractivity contribution is -0.134. The van der Waals surface area contributed by atoms with E-state index >= 15 is 0 Å². The maximum Gasteiger partial charge on any atom is 0.239 e. The molecule has 0 spiro atoms. The van der Waals surface area contributed by atoms with Crippen LogP contribution >= 0.6 is 0 Å². The first-order chi connectivity index (χ1) is 10.0. The second-order valence-corrected chi connectivity index (χ2v) is 5.36. The van der Waals surface area contributed by atoms with Gasteiger partial charge in [0.05, 0.1) is 6.54 Å². The highest BCUT2D eigenvalue weighted by Gasteiger charge is 2.14. The fourth-order valence-corrected chi connectivity index (χ4v) is 2.10. The standard InChI is InChI=1S/C17H26N2O2/c1-4-5-8-11-18-17(21)13-19(15(3)20)12-16-10-7-6-9-14(16)2/h6-7,9-10H,4-5,8,11-13H2,1-3H3,(H,18,21). The normalized spacial score (nSPS) is 10.2. The molecule has 4 nitrogen and oxygen atoms in total. The van der Waals surface area contributed by atoms with Crippen molar-refractivity contribution in [3.8, 4) is 0 Å². The molecule has 0 aliphatic rings. The highest BCUT2D eigenvalue weighted by Crippen LogP contribution is 2.10. The third kappa shape index (κ3) is 6.43. The molecule has 0 aliphatic carbocycles. The minimum atomic E-state index is -0.0881. The van der Waals surface area contributed by atoms with E-state index in [-0.39, 0.29) is 18.4 Å². The minimum Gasteiger partial charge on any atom is -0.355 e. The van der Waals surface area contributed by atoms with E-state index in [4.69, 9.17) is 0 Å². The third-order valence-electron chi connectivity index (χ3n) is 3.50. The number of benzene rings is 1. The van der Waals surface area contributed by atoms with Crippen LogP contribution in [0.3, 0.4) is 0 Å². The molecule has 0 atom stereocenters. The van der Waals surface area contributed by atoms with Gasteiger partial charge in [0.2, 0.25) is 11.8 Å². The summed E-state index contributed by atoms with van der Waals surface area (Å²) in [5.74, 6) is -0.170. The molecule has 0 aliphatic heterocycles. The van der Waals surface area contributed by atoms with E-state index in [0.29, 0.717) is 13.1 Å². The van der Waals surface area contributed by atoms with E-state index in [2.05, 4.69) is 12.2 Å². The molecule has 0 aromatic heterocycles. The number of unbranched alkanes of at least 4 members (excludes halogenated alkanes) is 2. The van der Waals surface area contributed by atoms with Gasteiger partial charge < -0.3 is 10.2 Å². The Morgan fingerprint density at radius 3 is 2.52 bits per heavy atom. The zero-order valence-electron chi connectivity index (χ0n) is 13.3. The summed E-state index contributed by atoms with van der Waals surface area (Å²) in [6.45, 7) is 6.92. The first kappa shape index (κ1) is 17.2. The van der Waals surface area contributed by atoms with Crippen LogP contribution in [0.4, 0.5) is 0 Å². The number of carbonyl (C=O) groups excluding carboxylic acids is 2. The Bertz CT molecular complexity index is 472. The van der Waals surface area contributed by atoms with E-state index < -0.39 is 0 Å². The van der Waals surface area contributed by atoms with Crippen LogP contribution in [0.5, 0.6) is 0 Å². The van der Waals surface area contributed by atoms with Crippen molar-refractivity contribution in [3.63, 3.8) is 0 Å². The molecule has 2 amide bonds. The zero-order chi connectivity index (χ0) is 15.7. The molecule has 4 heteroatoms. The summed E-state index contributed by atoms with van der Waals surface area (Å²) in [7, 11) is 0. The van der Waals surface area contributed by atoms with E-state index in [1.54, 1.807) is 4.90 Å². The lowest BCUT2D eigenvalue weighted by atomic mass is 10.1. The van der Waals surface area contributed by atoms with Gasteiger partial charge in [-0.2, -0.15) is 0 Å². The maximum absolute atomic E-state index is 11.9. The third-order valence-corrected chi connectivity index (χ3v) is 3.50. The molecule has 1 aromatic carbocycles. The molecule has 1 N–H and O–H groups in total. The van der Waals surface area contributed by atoms with Crippen LogP contribution < -0.4 is 5.32 Å². The first-order valence-corrected chi connectivity index (χ1v) is 7.61. The second kappa shape index (κ2) is 9.16. The molecule has 0 unspecified atom stereocenters. The Hall–Kier alpha value is -1.84. The summed E-state index contributed by atoms with van der Waals surface area (Å²) >= 11 is 0. The number of hydrogen-bond acceptors (Lipinski definition) is 2. The molecule has 0 heterocycles. The van der Waals surface area contributed by atoms with Crippen LogP contribution in [0.25, 0.3) is 0 Å². The molecular formula is C17H26N2O2. The van der Waals surface area contributed by atoms with E-state index in [1.165, 1.54) is 6.92 Å². The van der Waals surface area contributed by atoms with Crippen LogP contribution in [0.15, 0.2) is 24.3 Å². The van der Waals surface area contributed by atoms with Crippen molar-refractivity contribution in [2.75, 3.05) is 13.1 Å². The predicted octanol–water partition coefficient (Wildman–Crippen LogP) is 2.65. The van der Waals surface area contributed by atoms with Gasteiger partial charge in [0.15, 0.2) is 0 Å². The van der Waals surface area contributed by atoms with Crippen molar-refractivity contribution in [2.45, 2.75) is 46.6 Å². The quantitative estimate of drug-likeness (QED) is 0.748. The highest BCUT2D eigenvalue weighted by molar-refractivity contribution is 5.83. The Kier molecular flexibility index (Phi) is 7.51. The predicted molar refractivity (Wildman–Crippen MR) is 84.8 cm³/mol. The average molecular weight is 290 g/mol. The van der Waals surface area contributed by atoms with Gasteiger partial charge in [0, 0.05) is 20.0 Å². The Morgan fingerprint density at radius 1 is 1.19 bits per heavy atom. The van der Waals surface area contributed by atoms with Gasteiger partial charge in [-0.1, -0.05) is 44.0 Å². The molecule has 0 saturated carbocycles. The fourth-order valence-electron chi connectivity index (χ4n) is 2.10. The van der Waals surface area contributed by atoms with Gasteiger partial charge in [-0.3, -0.25) is 9.59 Å². The summed E-state index contributed by atoms with van der Waals surface area (Å²) in [6.07, 6.45) is 3.22. The topological polar surface area (TPSA) is 49.4 Å². The van der Waals surface area contributed by atoms with Crippen molar-refractivity contribution in [3.05, 3.63) is 35.4 Å². The van der Waals surface area contributed by atoms with Gasteiger partial charge in [0.25, 0.3) is 0 Å². The summed E-state index contributed by atoms with van der Waals surface area (Å²) in [5, 5.41) is 2.87. The highest BCUT2D eigenvalue weighted by atomic mass is 16.2. The molecule has 1 aromatic rings. The monoisotopic (exact) mass is 290 g/mol. The molecular weight excluding hydrogens is 264 g/mol. The molecule has 0 radical (unpaired) electrons. The lowest BCUT2D eigenvalue weighted by Gasteiger charge is -2.21. The minimum absolute atomic E-state index is 0.0815. The van der Waals surface area contributed by atoms with Gasteiger partial charge in [0.1, 0.15) is 0 Å². The van der Waals surface area contributed by atoms with Gasteiger partial charge in [-0.05, 0) is 24.5 Å². The van der Waals surface area contributed by atoms with Crippen LogP contribution in [-0.2, 0) is 16.1 Å². The maximum atomic E-state index is 11.9. The molecule has 21 heavy (non-hydrogen) atoms. The number of rotatable bonds is 8. The number of amides is 2. The lowest BCUT2D eigenvalue weighted by Crippen LogP contribution is -2.39. The SMILES string of the molecule is CCCCCNC(=O)CN(Cc1ccccc1C)C(C)=O. The Balaban J connectivity index is 2.52. The number of hydrogen-bond donors (Lipinski definition) is 1. The Labute approximate surface area is 127 Å². The van der Waals surface area contributed by atoms with Crippen LogP contribution in [-0.4, -0.2) is 29.8 Å². The average Bonchev–Trinajstić information content (AvgIpc) is 2.45.